The van der Waals surface area contributed by atoms with Crippen molar-refractivity contribution in [1.29, 1.82) is 0 Å². The maximum Gasteiger partial charge on any atom is 0 e. The van der Waals surface area contributed by atoms with Crippen molar-refractivity contribution in [3.63, 3.8) is 0 Å². The molecule has 0 amide bonds. The summed E-state index contributed by atoms with van der Waals surface area (Å²) in [6.07, 6.45) is 0. The van der Waals surface area contributed by atoms with E-state index in [-0.39, 0.29) is 118 Å². The second kappa shape index (κ2) is 15.8. The number of hydrogen-bond acceptors (Lipinski definition) is 0. The van der Waals surface area contributed by atoms with Crippen LogP contribution in [0.5, 0.6) is 0 Å². The molecule has 0 saturated carbocycles. The van der Waals surface area contributed by atoms with Crippen molar-refractivity contribution in [3.8, 4) is 0 Å². The normalized spacial score (nSPS) is 0. The molecule has 0 aliphatic rings. The molecule has 0 spiro atoms. The zero-order chi connectivity index (χ0) is 0. The van der Waals surface area contributed by atoms with E-state index in [4.69, 9.17) is 0 Å². The SMILES string of the molecule is [Ca+2].[H-].[H-].[PbH2].[SnH2].[Zr]. The Balaban J connectivity index is 0. The van der Waals surface area contributed by atoms with Crippen LogP contribution in [-0.2, 0) is 26.2 Å². The third-order valence-corrected chi connectivity index (χ3v) is 0. The van der Waals surface area contributed by atoms with Crippen molar-refractivity contribution in [2.24, 2.45) is 0 Å². The molecule has 0 aliphatic heterocycles. The average Bonchev–Trinajstić information content (AvgIpc) is 0. The second-order valence-electron chi connectivity index (χ2n) is 0. The average molecular weight is 463 g/mol. The molecule has 0 heterocycles. The first-order valence-corrected chi connectivity index (χ1v) is 0. The summed E-state index contributed by atoms with van der Waals surface area (Å²) in [4.78, 5) is 0. The third kappa shape index (κ3) is 9.29. The Morgan fingerprint density at radius 3 is 1.25 bits per heavy atom. The van der Waals surface area contributed by atoms with E-state index in [0.29, 0.717) is 0 Å². The van der Waals surface area contributed by atoms with Crippen LogP contribution in [-0.4, -0.2) is 88.9 Å². The van der Waals surface area contributed by atoms with Crippen molar-refractivity contribution < 1.29 is 29.1 Å². The minimum atomic E-state index is 0. The molecule has 0 fully saturated rings. The van der Waals surface area contributed by atoms with Gasteiger partial charge in [0.1, 0.15) is 0 Å². The largest absolute Gasteiger partial charge is 0 e. The van der Waals surface area contributed by atoms with Gasteiger partial charge in [-0.25, -0.2) is 0 Å². The van der Waals surface area contributed by atoms with Gasteiger partial charge in [0.2, 0.25) is 0 Å². The molecule has 0 unspecified atom stereocenters. The van der Waals surface area contributed by atoms with Gasteiger partial charge in [-0.05, 0) is 0 Å². The van der Waals surface area contributed by atoms with E-state index in [0.717, 1.165) is 0 Å². The summed E-state index contributed by atoms with van der Waals surface area (Å²) < 4.78 is 0. The van der Waals surface area contributed by atoms with E-state index < -0.39 is 0 Å². The molecule has 20 valence electrons. The Hall–Kier alpha value is 3.86. The summed E-state index contributed by atoms with van der Waals surface area (Å²) in [7, 11) is 0. The van der Waals surface area contributed by atoms with E-state index in [2.05, 4.69) is 0 Å². The van der Waals surface area contributed by atoms with Crippen molar-refractivity contribution >= 4 is 88.9 Å². The summed E-state index contributed by atoms with van der Waals surface area (Å²) in [6.45, 7) is 0. The molecule has 0 bridgehead atoms. The molecule has 0 aliphatic carbocycles. The summed E-state index contributed by atoms with van der Waals surface area (Å²) in [5.74, 6) is 0. The molecule has 0 N–H and O–H groups in total. The van der Waals surface area contributed by atoms with Crippen LogP contribution in [0, 0.1) is 0 Å². The molecule has 0 rings (SSSR count). The molecule has 4 radical (unpaired) electrons. The Bertz CT molecular complexity index is 13.5. The first kappa shape index (κ1) is 24.8. The molecule has 4 heavy (non-hydrogen) atoms. The summed E-state index contributed by atoms with van der Waals surface area (Å²) in [6, 6.07) is 0. The second-order valence-corrected chi connectivity index (χ2v) is 0. The monoisotopic (exact) mass is 464 g/mol. The van der Waals surface area contributed by atoms with Gasteiger partial charge in [0, 0.05) is 26.2 Å². The van der Waals surface area contributed by atoms with Gasteiger partial charge in [0.15, 0.2) is 0 Å². The molecule has 4 heteroatoms. The van der Waals surface area contributed by atoms with Crippen LogP contribution in [0.15, 0.2) is 0 Å². The van der Waals surface area contributed by atoms with Crippen LogP contribution in [0.1, 0.15) is 2.85 Å². The van der Waals surface area contributed by atoms with E-state index in [9.17, 15) is 0 Å². The zero-order valence-electron chi connectivity index (χ0n) is 4.62. The molecule has 0 aromatic carbocycles. The minimum Gasteiger partial charge on any atom is 0 e. The minimum absolute atomic E-state index is 0. The van der Waals surface area contributed by atoms with Crippen LogP contribution in [0.2, 0.25) is 0 Å². The van der Waals surface area contributed by atoms with Crippen molar-refractivity contribution in [3.05, 3.63) is 0 Å². The van der Waals surface area contributed by atoms with Gasteiger partial charge in [0.05, 0.1) is 0 Å². The fourth-order valence-electron chi connectivity index (χ4n) is 0. The fourth-order valence-corrected chi connectivity index (χ4v) is 0. The third-order valence-electron chi connectivity index (χ3n) is 0. The topological polar surface area (TPSA) is 0 Å². The van der Waals surface area contributed by atoms with E-state index >= 15 is 0 Å². The smallest absolute Gasteiger partial charge is 0 e. The zero-order valence-corrected chi connectivity index (χ0v) is 16.8. The van der Waals surface area contributed by atoms with Crippen LogP contribution in [0.4, 0.5) is 0 Å². The molecule has 0 aromatic rings. The Labute approximate surface area is 115 Å². The maximum atomic E-state index is 0. The first-order valence-electron chi connectivity index (χ1n) is 0. The van der Waals surface area contributed by atoms with Crippen molar-refractivity contribution in [1.82, 2.24) is 0 Å². The van der Waals surface area contributed by atoms with Crippen LogP contribution < -0.4 is 0 Å². The molecule has 0 atom stereocenters. The quantitative estimate of drug-likeness (QED) is 0.366. The van der Waals surface area contributed by atoms with Gasteiger partial charge in [-0.1, -0.05) is 0 Å². The van der Waals surface area contributed by atoms with E-state index in [1.54, 1.807) is 0 Å². The van der Waals surface area contributed by atoms with E-state index in [1.807, 2.05) is 0 Å². The van der Waals surface area contributed by atoms with Crippen LogP contribution in [0.3, 0.4) is 0 Å². The molecular weight excluding hydrogens is 457 g/mol. The molecule has 0 nitrogen and oxygen atoms in total. The molecule has 0 saturated heterocycles. The summed E-state index contributed by atoms with van der Waals surface area (Å²) in [5.41, 5.74) is 0. The summed E-state index contributed by atoms with van der Waals surface area (Å²) >= 11 is 0. The molecular formula is H6CaPbSnZr. The molecule has 0 aromatic heterocycles. The fraction of sp³-hybridized carbons (Fsp3) is 0. The number of hydrogen-bond donors (Lipinski definition) is 0. The van der Waals surface area contributed by atoms with E-state index in [1.165, 1.54) is 0 Å². The Kier molecular flexibility index (Phi) is 98.1. The summed E-state index contributed by atoms with van der Waals surface area (Å²) in [5, 5.41) is 0. The number of rotatable bonds is 0. The van der Waals surface area contributed by atoms with Crippen LogP contribution in [0.25, 0.3) is 0 Å². The van der Waals surface area contributed by atoms with Crippen molar-refractivity contribution in [2.45, 2.75) is 0 Å². The van der Waals surface area contributed by atoms with Crippen LogP contribution >= 0.6 is 0 Å². The van der Waals surface area contributed by atoms with Gasteiger partial charge in [-0.3, -0.25) is 0 Å². The van der Waals surface area contributed by atoms with Gasteiger partial charge in [0.25, 0.3) is 0 Å². The predicted molar refractivity (Wildman–Crippen MR) is 25.1 cm³/mol. The Morgan fingerprint density at radius 1 is 1.25 bits per heavy atom. The first-order chi connectivity index (χ1) is 0. The Morgan fingerprint density at radius 2 is 1.25 bits per heavy atom. The van der Waals surface area contributed by atoms with Gasteiger partial charge < -0.3 is 2.85 Å². The maximum absolute atomic E-state index is 0. The van der Waals surface area contributed by atoms with Gasteiger partial charge in [-0.15, -0.1) is 0 Å². The standard InChI is InChI=1S/Ca.Pb.Sn.Zr.6H/q+2;;;;;;;;2*-1. The van der Waals surface area contributed by atoms with Crippen molar-refractivity contribution in [2.75, 3.05) is 0 Å². The van der Waals surface area contributed by atoms with Gasteiger partial charge in [-0.2, -0.15) is 0 Å². The van der Waals surface area contributed by atoms with Gasteiger partial charge >= 0.3 is 88.9 Å². The predicted octanol–water partition coefficient (Wildman–Crippen LogP) is -1.99.